The fourth-order valence-corrected chi connectivity index (χ4v) is 32.1. The van der Waals surface area contributed by atoms with E-state index in [0.717, 1.165) is 12.3 Å². The first-order chi connectivity index (χ1) is 13.9. The van der Waals surface area contributed by atoms with Crippen LogP contribution in [0.15, 0.2) is 83.0 Å². The van der Waals surface area contributed by atoms with Crippen LogP contribution in [0.25, 0.3) is 0 Å². The first-order valence-corrected chi connectivity index (χ1v) is 23.3. The Kier molecular flexibility index (Phi) is 6.05. The van der Waals surface area contributed by atoms with Gasteiger partial charge in [0.25, 0.3) is 0 Å². The second-order valence-electron chi connectivity index (χ2n) is 9.08. The second-order valence-corrected chi connectivity index (χ2v) is 41.6. The standard InChI is InChI=1S/C24H28Br4P2/c1-17-15-29(25,26,21-11-7-5-8-12-21)23(19(17)3)24-20(4)18(2)16-30(24,27,28)22-13-9-6-10-14-22/h5-14,23-24H,15-16H2,1-4H3. The van der Waals surface area contributed by atoms with Crippen molar-refractivity contribution in [3.8, 4) is 0 Å². The average Bonchev–Trinajstić information content (AvgIpc) is 3.01. The summed E-state index contributed by atoms with van der Waals surface area (Å²) in [5.74, 6) is 0. The number of rotatable bonds is 3. The van der Waals surface area contributed by atoms with Crippen molar-refractivity contribution in [3.05, 3.63) is 83.0 Å². The molecule has 2 aromatic rings. The molecule has 0 saturated heterocycles. The van der Waals surface area contributed by atoms with Crippen molar-refractivity contribution in [2.24, 2.45) is 0 Å². The van der Waals surface area contributed by atoms with Gasteiger partial charge in [-0.05, 0) is 0 Å². The molecule has 30 heavy (non-hydrogen) atoms. The van der Waals surface area contributed by atoms with E-state index in [2.05, 4.69) is 150 Å². The molecule has 0 saturated carbocycles. The summed E-state index contributed by atoms with van der Waals surface area (Å²) < 4.78 is -5.28. The maximum atomic E-state index is 4.47. The third kappa shape index (κ3) is 3.38. The summed E-state index contributed by atoms with van der Waals surface area (Å²) in [6, 6.07) is 22.2. The Bertz CT molecular complexity index is 983. The average molecular weight is 698 g/mol. The van der Waals surface area contributed by atoms with E-state index in [1.54, 1.807) is 0 Å². The third-order valence-electron chi connectivity index (χ3n) is 7.24. The van der Waals surface area contributed by atoms with Crippen LogP contribution < -0.4 is 10.6 Å². The summed E-state index contributed by atoms with van der Waals surface area (Å²) in [5.41, 5.74) is 6.86. The summed E-state index contributed by atoms with van der Waals surface area (Å²) in [6.07, 6.45) is 2.13. The Labute approximate surface area is 213 Å². The Morgan fingerprint density at radius 3 is 1.17 bits per heavy atom. The van der Waals surface area contributed by atoms with E-state index in [1.807, 2.05) is 0 Å². The van der Waals surface area contributed by atoms with E-state index < -0.39 is 8.02 Å². The summed E-state index contributed by atoms with van der Waals surface area (Å²) >= 11 is 17.9. The molecular formula is C24H28Br4P2. The molecular weight excluding hydrogens is 670 g/mol. The minimum atomic E-state index is -2.64. The molecule has 0 fully saturated rings. The SMILES string of the molecule is CC1=C(C)C(C2C(C)=C(C)CP2(Br)(Br)c2ccccc2)P(Br)(Br)(c2ccccc2)C1. The molecule has 0 aromatic heterocycles. The van der Waals surface area contributed by atoms with Gasteiger partial charge in [0.05, 0.1) is 0 Å². The first-order valence-electron chi connectivity index (χ1n) is 10.2. The van der Waals surface area contributed by atoms with Crippen LogP contribution in [0.5, 0.6) is 0 Å². The van der Waals surface area contributed by atoms with Crippen LogP contribution >= 0.6 is 70.0 Å². The molecule has 0 aliphatic carbocycles. The molecule has 0 spiro atoms. The van der Waals surface area contributed by atoms with Crippen LogP contribution in [0, 0.1) is 0 Å². The Morgan fingerprint density at radius 2 is 0.867 bits per heavy atom. The zero-order valence-electron chi connectivity index (χ0n) is 17.7. The van der Waals surface area contributed by atoms with Gasteiger partial charge in [-0.2, -0.15) is 0 Å². The van der Waals surface area contributed by atoms with Crippen LogP contribution in [-0.2, 0) is 0 Å². The molecule has 0 amide bonds. The Hall–Kier alpha value is 0.700. The fourth-order valence-electron chi connectivity index (χ4n) is 5.58. The second kappa shape index (κ2) is 7.61. The van der Waals surface area contributed by atoms with Crippen LogP contribution in [0.4, 0.5) is 0 Å². The zero-order chi connectivity index (χ0) is 22.0. The van der Waals surface area contributed by atoms with Gasteiger partial charge in [0.1, 0.15) is 0 Å². The van der Waals surface area contributed by atoms with Gasteiger partial charge in [-0.1, -0.05) is 0 Å². The molecule has 162 valence electrons. The number of allylic oxidation sites excluding steroid dienone is 4. The minimum absolute atomic E-state index is 0.382. The van der Waals surface area contributed by atoms with Crippen molar-refractivity contribution < 1.29 is 0 Å². The topological polar surface area (TPSA) is 0 Å². The van der Waals surface area contributed by atoms with Crippen LogP contribution in [-0.4, -0.2) is 23.6 Å². The third-order valence-corrected chi connectivity index (χ3v) is 29.1. The van der Waals surface area contributed by atoms with Crippen molar-refractivity contribution in [3.63, 3.8) is 0 Å². The molecule has 6 heteroatoms. The predicted octanol–water partition coefficient (Wildman–Crippen LogP) is 9.42. The summed E-state index contributed by atoms with van der Waals surface area (Å²) in [5, 5.41) is 2.82. The molecule has 2 aliphatic heterocycles. The Balaban J connectivity index is 2.02. The van der Waals surface area contributed by atoms with Crippen LogP contribution in [0.3, 0.4) is 0 Å². The molecule has 4 rings (SSSR count). The molecule has 2 aromatic carbocycles. The van der Waals surface area contributed by atoms with Gasteiger partial charge < -0.3 is 0 Å². The summed E-state index contributed by atoms with van der Waals surface area (Å²) in [7, 11) is 0. The first kappa shape index (κ1) is 23.8. The van der Waals surface area contributed by atoms with Crippen molar-refractivity contribution in [2.45, 2.75) is 39.0 Å². The van der Waals surface area contributed by atoms with Crippen molar-refractivity contribution in [1.82, 2.24) is 0 Å². The van der Waals surface area contributed by atoms with Crippen LogP contribution in [0.2, 0.25) is 0 Å². The maximum absolute atomic E-state index is 4.47. The molecule has 2 aliphatic rings. The van der Waals surface area contributed by atoms with E-state index in [4.69, 9.17) is 0 Å². The van der Waals surface area contributed by atoms with Gasteiger partial charge in [-0.15, -0.1) is 0 Å². The molecule has 2 atom stereocenters. The molecule has 0 radical (unpaired) electrons. The molecule has 2 heterocycles. The van der Waals surface area contributed by atoms with Gasteiger partial charge in [-0.25, -0.2) is 0 Å². The van der Waals surface area contributed by atoms with Gasteiger partial charge in [0, 0.05) is 0 Å². The normalized spacial score (nSPS) is 31.6. The van der Waals surface area contributed by atoms with Gasteiger partial charge in [-0.3, -0.25) is 0 Å². The monoisotopic (exact) mass is 694 g/mol. The van der Waals surface area contributed by atoms with Gasteiger partial charge in [0.15, 0.2) is 0 Å². The van der Waals surface area contributed by atoms with E-state index in [9.17, 15) is 0 Å². The number of halogens is 4. The number of hydrogen-bond donors (Lipinski definition) is 0. The quantitative estimate of drug-likeness (QED) is 0.222. The number of benzene rings is 2. The fraction of sp³-hybridized carbons (Fsp3) is 0.333. The Morgan fingerprint density at radius 1 is 0.567 bits per heavy atom. The van der Waals surface area contributed by atoms with Gasteiger partial charge in [0.2, 0.25) is 0 Å². The molecule has 2 unspecified atom stereocenters. The molecule has 0 N–H and O–H groups in total. The number of hydrogen-bond acceptors (Lipinski definition) is 0. The van der Waals surface area contributed by atoms with E-state index in [0.29, 0.717) is 11.3 Å². The van der Waals surface area contributed by atoms with Crippen molar-refractivity contribution in [1.29, 1.82) is 0 Å². The van der Waals surface area contributed by atoms with E-state index in [1.165, 1.54) is 32.9 Å². The van der Waals surface area contributed by atoms with Crippen molar-refractivity contribution in [2.75, 3.05) is 12.3 Å². The predicted molar refractivity (Wildman–Crippen MR) is 156 cm³/mol. The summed E-state index contributed by atoms with van der Waals surface area (Å²) in [6.45, 7) is 9.37. The van der Waals surface area contributed by atoms with E-state index >= 15 is 0 Å². The zero-order valence-corrected chi connectivity index (χ0v) is 25.9. The van der Waals surface area contributed by atoms with Crippen LogP contribution in [0.1, 0.15) is 27.7 Å². The van der Waals surface area contributed by atoms with E-state index in [-0.39, 0.29) is 0 Å². The summed E-state index contributed by atoms with van der Waals surface area (Å²) in [4.78, 5) is 0. The molecule has 0 bridgehead atoms. The van der Waals surface area contributed by atoms with Gasteiger partial charge >= 0.3 is 215 Å². The van der Waals surface area contributed by atoms with Crippen molar-refractivity contribution >= 4 is 80.6 Å². The molecule has 0 nitrogen and oxygen atoms in total.